The molecule has 0 aromatic heterocycles. The zero-order valence-electron chi connectivity index (χ0n) is 19.3. The highest BCUT2D eigenvalue weighted by Gasteiger charge is 2.45. The molecule has 0 spiro atoms. The molecule has 2 fully saturated rings. The van der Waals surface area contributed by atoms with Gasteiger partial charge in [-0.2, -0.15) is 0 Å². The van der Waals surface area contributed by atoms with Crippen LogP contribution in [0.15, 0.2) is 47.1 Å². The molecule has 0 heterocycles. The van der Waals surface area contributed by atoms with Crippen LogP contribution in [0.4, 0.5) is 8.78 Å². The fourth-order valence-electron chi connectivity index (χ4n) is 6.02. The summed E-state index contributed by atoms with van der Waals surface area (Å²) in [7, 11) is 0. The van der Waals surface area contributed by atoms with Crippen LogP contribution in [0, 0.1) is 17.3 Å². The van der Waals surface area contributed by atoms with Crippen LogP contribution in [-0.4, -0.2) is 23.1 Å². The molecule has 3 rings (SSSR count). The highest BCUT2D eigenvalue weighted by Crippen LogP contribution is 2.57. The van der Waals surface area contributed by atoms with E-state index in [2.05, 4.69) is 32.6 Å². The summed E-state index contributed by atoms with van der Waals surface area (Å²) in [5, 5.41) is 10.0. The van der Waals surface area contributed by atoms with E-state index in [4.69, 9.17) is 0 Å². The predicted molar refractivity (Wildman–Crippen MR) is 122 cm³/mol. The van der Waals surface area contributed by atoms with Gasteiger partial charge in [0.15, 0.2) is 0 Å². The third-order valence-electron chi connectivity index (χ3n) is 7.76. The zero-order chi connectivity index (χ0) is 22.1. The van der Waals surface area contributed by atoms with Crippen molar-refractivity contribution in [2.45, 2.75) is 103 Å². The number of alkyl halides is 2. The third-order valence-corrected chi connectivity index (χ3v) is 7.76. The van der Waals surface area contributed by atoms with Crippen LogP contribution >= 0.6 is 0 Å². The van der Waals surface area contributed by atoms with Gasteiger partial charge in [-0.05, 0) is 80.8 Å². The average molecular weight is 419 g/mol. The maximum absolute atomic E-state index is 14.0. The molecule has 0 radical (unpaired) electrons. The fourth-order valence-corrected chi connectivity index (χ4v) is 6.02. The van der Waals surface area contributed by atoms with Crippen molar-refractivity contribution in [1.82, 2.24) is 0 Å². The molecular weight excluding hydrogens is 378 g/mol. The van der Waals surface area contributed by atoms with Crippen molar-refractivity contribution in [3.63, 3.8) is 0 Å². The van der Waals surface area contributed by atoms with E-state index >= 15 is 0 Å². The number of aliphatic hydroxyl groups is 1. The monoisotopic (exact) mass is 418 g/mol. The van der Waals surface area contributed by atoms with Crippen LogP contribution < -0.4 is 0 Å². The second-order valence-electron chi connectivity index (χ2n) is 10.8. The lowest BCUT2D eigenvalue weighted by Gasteiger charge is -2.42. The Morgan fingerprint density at radius 3 is 2.77 bits per heavy atom. The molecule has 0 bridgehead atoms. The first kappa shape index (κ1) is 23.4. The quantitative estimate of drug-likeness (QED) is 0.441. The van der Waals surface area contributed by atoms with Crippen LogP contribution in [0.25, 0.3) is 0 Å². The van der Waals surface area contributed by atoms with Crippen molar-refractivity contribution >= 4 is 0 Å². The Morgan fingerprint density at radius 1 is 1.33 bits per heavy atom. The summed E-state index contributed by atoms with van der Waals surface area (Å²) >= 11 is 0. The average Bonchev–Trinajstić information content (AvgIpc) is 3.00. The Bertz CT molecular complexity index is 738. The lowest BCUT2D eigenvalue weighted by atomic mass is 9.62. The van der Waals surface area contributed by atoms with E-state index < -0.39 is 17.9 Å². The number of halogens is 2. The number of hydrogen-bond acceptors (Lipinski definition) is 1. The van der Waals surface area contributed by atoms with Crippen molar-refractivity contribution < 1.29 is 13.9 Å². The van der Waals surface area contributed by atoms with Crippen molar-refractivity contribution in [2.24, 2.45) is 17.3 Å². The minimum absolute atomic E-state index is 0.0495. The maximum atomic E-state index is 14.0. The van der Waals surface area contributed by atoms with Gasteiger partial charge in [0, 0.05) is 12.8 Å². The van der Waals surface area contributed by atoms with E-state index in [-0.39, 0.29) is 18.3 Å². The van der Waals surface area contributed by atoms with Gasteiger partial charge in [0.2, 0.25) is 0 Å². The highest BCUT2D eigenvalue weighted by molar-refractivity contribution is 5.40. The summed E-state index contributed by atoms with van der Waals surface area (Å²) in [6.07, 6.45) is 11.9. The van der Waals surface area contributed by atoms with Crippen LogP contribution in [0.1, 0.15) is 85.5 Å². The van der Waals surface area contributed by atoms with Crippen LogP contribution in [0.5, 0.6) is 0 Å². The summed E-state index contributed by atoms with van der Waals surface area (Å²) < 4.78 is 27.9. The molecule has 3 aliphatic carbocycles. The Kier molecular flexibility index (Phi) is 7.11. The van der Waals surface area contributed by atoms with Gasteiger partial charge in [-0.3, -0.25) is 0 Å². The first-order chi connectivity index (χ1) is 14.0. The lowest BCUT2D eigenvalue weighted by Crippen LogP contribution is -2.32. The molecular formula is C27H40F2O. The second-order valence-corrected chi connectivity index (χ2v) is 10.8. The van der Waals surface area contributed by atoms with Gasteiger partial charge >= 0.3 is 0 Å². The van der Waals surface area contributed by atoms with Gasteiger partial charge in [0.05, 0.1) is 5.60 Å². The van der Waals surface area contributed by atoms with Gasteiger partial charge in [0.25, 0.3) is 0 Å². The first-order valence-corrected chi connectivity index (χ1v) is 11.8. The Balaban J connectivity index is 1.71. The minimum atomic E-state index is -1.25. The van der Waals surface area contributed by atoms with Gasteiger partial charge in [-0.1, -0.05) is 56.2 Å². The van der Waals surface area contributed by atoms with Crippen molar-refractivity contribution in [2.75, 3.05) is 0 Å². The third kappa shape index (κ3) is 5.15. The summed E-state index contributed by atoms with van der Waals surface area (Å²) in [5.74, 6) is 1.02. The predicted octanol–water partition coefficient (Wildman–Crippen LogP) is 7.58. The number of allylic oxidation sites excluding steroid dienone is 7. The molecule has 5 atom stereocenters. The number of fused-ring (bicyclic) bond motifs is 1. The Labute approximate surface area is 182 Å². The lowest BCUT2D eigenvalue weighted by molar-refractivity contribution is 0.0670. The topological polar surface area (TPSA) is 20.2 Å². The molecule has 3 aliphatic rings. The standard InChI is InChI=1S/C27H40F2O/c1-18(8-6-14-26(3,4)30)23-12-13-24-20(9-7-15-27(23,24)5)10-11-21-16-22(28)17-25(29)19(21)2/h10-12,18,22,24-25,30H,2,6-9,13-17H2,1,3-5H3/b20-10-,21-11+. The first-order valence-electron chi connectivity index (χ1n) is 11.8. The highest BCUT2D eigenvalue weighted by atomic mass is 19.1. The Hall–Kier alpha value is -1.22. The molecule has 3 heteroatoms. The molecule has 30 heavy (non-hydrogen) atoms. The fraction of sp³-hybridized carbons (Fsp3) is 0.704. The Morgan fingerprint density at radius 2 is 2.07 bits per heavy atom. The molecule has 0 aromatic rings. The number of rotatable bonds is 6. The molecule has 2 saturated carbocycles. The van der Waals surface area contributed by atoms with Crippen molar-refractivity contribution in [1.29, 1.82) is 0 Å². The van der Waals surface area contributed by atoms with Gasteiger partial charge in [-0.25, -0.2) is 8.78 Å². The van der Waals surface area contributed by atoms with E-state index in [1.165, 1.54) is 12.0 Å². The van der Waals surface area contributed by atoms with Crippen LogP contribution in [0.2, 0.25) is 0 Å². The molecule has 168 valence electrons. The SMILES string of the molecule is C=C1/C(=C/C=C2/CCCC3(C)C(C(C)CCCC(C)(C)O)=CCC23)CC(F)CC1F. The smallest absolute Gasteiger partial charge is 0.128 e. The van der Waals surface area contributed by atoms with E-state index in [0.717, 1.165) is 44.1 Å². The van der Waals surface area contributed by atoms with Crippen LogP contribution in [0.3, 0.4) is 0 Å². The van der Waals surface area contributed by atoms with E-state index in [1.807, 2.05) is 19.9 Å². The van der Waals surface area contributed by atoms with Crippen molar-refractivity contribution in [3.05, 3.63) is 47.1 Å². The van der Waals surface area contributed by atoms with Gasteiger partial charge in [-0.15, -0.1) is 0 Å². The van der Waals surface area contributed by atoms with E-state index in [0.29, 0.717) is 17.4 Å². The van der Waals surface area contributed by atoms with Crippen LogP contribution in [-0.2, 0) is 0 Å². The molecule has 0 aromatic carbocycles. The van der Waals surface area contributed by atoms with E-state index in [1.54, 1.807) is 5.57 Å². The van der Waals surface area contributed by atoms with Gasteiger partial charge < -0.3 is 5.11 Å². The summed E-state index contributed by atoms with van der Waals surface area (Å²) in [4.78, 5) is 0. The largest absolute Gasteiger partial charge is 0.390 e. The molecule has 1 nitrogen and oxygen atoms in total. The van der Waals surface area contributed by atoms with Crippen molar-refractivity contribution in [3.8, 4) is 0 Å². The summed E-state index contributed by atoms with van der Waals surface area (Å²) in [6, 6.07) is 0. The molecule has 0 saturated heterocycles. The molecule has 5 unspecified atom stereocenters. The van der Waals surface area contributed by atoms with Gasteiger partial charge in [0.1, 0.15) is 12.3 Å². The minimum Gasteiger partial charge on any atom is -0.390 e. The zero-order valence-corrected chi connectivity index (χ0v) is 19.3. The molecule has 0 aliphatic heterocycles. The summed E-state index contributed by atoms with van der Waals surface area (Å²) in [6.45, 7) is 12.4. The normalized spacial score (nSPS) is 36.2. The molecule has 0 amide bonds. The number of hydrogen-bond donors (Lipinski definition) is 1. The molecule has 1 N–H and O–H groups in total. The van der Waals surface area contributed by atoms with E-state index in [9.17, 15) is 13.9 Å². The second kappa shape index (κ2) is 9.10. The maximum Gasteiger partial charge on any atom is 0.128 e. The summed E-state index contributed by atoms with van der Waals surface area (Å²) in [5.41, 5.74) is 3.81.